The molecule has 1 aromatic carbocycles. The Bertz CT molecular complexity index is 1090. The van der Waals surface area contributed by atoms with Crippen LogP contribution >= 0.6 is 0 Å². The highest BCUT2D eigenvalue weighted by Crippen LogP contribution is 2.22. The molecule has 0 saturated carbocycles. The van der Waals surface area contributed by atoms with Crippen LogP contribution in [0.15, 0.2) is 39.9 Å². The lowest BCUT2D eigenvalue weighted by Gasteiger charge is -2.26. The van der Waals surface area contributed by atoms with Gasteiger partial charge < -0.3 is 9.58 Å². The standard InChI is InChI=1S/C20H23N3O2/c1-13(2)16-12-17-18(20(25)23(16)22-10-6-7-11-22)19(24)14-8-4-5-9-15(14)21(17)3/h4-5,8-9,12-13H,6-7,10-11H2,1-3H3. The first kappa shape index (κ1) is 15.9. The van der Waals surface area contributed by atoms with Gasteiger partial charge in [-0.1, -0.05) is 26.0 Å². The predicted molar refractivity (Wildman–Crippen MR) is 102 cm³/mol. The molecule has 1 fully saturated rings. The van der Waals surface area contributed by atoms with Gasteiger partial charge in [-0.3, -0.25) is 9.59 Å². The molecule has 1 saturated heterocycles. The van der Waals surface area contributed by atoms with Gasteiger partial charge in [-0.05, 0) is 37.0 Å². The second-order valence-electron chi connectivity index (χ2n) is 7.17. The van der Waals surface area contributed by atoms with E-state index < -0.39 is 0 Å². The topological polar surface area (TPSA) is 47.2 Å². The first-order valence-corrected chi connectivity index (χ1v) is 8.93. The van der Waals surface area contributed by atoms with Crippen molar-refractivity contribution in [2.75, 3.05) is 18.1 Å². The van der Waals surface area contributed by atoms with Crippen molar-refractivity contribution in [2.24, 2.45) is 7.05 Å². The van der Waals surface area contributed by atoms with Gasteiger partial charge in [0, 0.05) is 31.2 Å². The van der Waals surface area contributed by atoms with Crippen molar-refractivity contribution in [1.29, 1.82) is 0 Å². The van der Waals surface area contributed by atoms with E-state index in [0.717, 1.165) is 37.1 Å². The summed E-state index contributed by atoms with van der Waals surface area (Å²) in [6, 6.07) is 9.51. The van der Waals surface area contributed by atoms with Crippen LogP contribution in [0, 0.1) is 0 Å². The Morgan fingerprint density at radius 1 is 1.00 bits per heavy atom. The van der Waals surface area contributed by atoms with Gasteiger partial charge >= 0.3 is 0 Å². The Kier molecular flexibility index (Phi) is 3.67. The molecular weight excluding hydrogens is 314 g/mol. The van der Waals surface area contributed by atoms with Gasteiger partial charge in [-0.25, -0.2) is 4.68 Å². The fourth-order valence-corrected chi connectivity index (χ4v) is 3.91. The normalized spacial score (nSPS) is 15.0. The summed E-state index contributed by atoms with van der Waals surface area (Å²) in [4.78, 5) is 26.4. The number of pyridine rings is 2. The van der Waals surface area contributed by atoms with Gasteiger partial charge in [0.15, 0.2) is 0 Å². The molecule has 0 N–H and O–H groups in total. The third-order valence-corrected chi connectivity index (χ3v) is 5.25. The summed E-state index contributed by atoms with van der Waals surface area (Å²) in [5.41, 5.74) is 2.18. The predicted octanol–water partition coefficient (Wildman–Crippen LogP) is 2.71. The minimum absolute atomic E-state index is 0.169. The number of nitrogens with zero attached hydrogens (tertiary/aromatic N) is 3. The number of fused-ring (bicyclic) bond motifs is 2. The highest BCUT2D eigenvalue weighted by Gasteiger charge is 2.22. The third-order valence-electron chi connectivity index (χ3n) is 5.25. The Labute approximate surface area is 146 Å². The van der Waals surface area contributed by atoms with Crippen molar-refractivity contribution in [2.45, 2.75) is 32.6 Å². The van der Waals surface area contributed by atoms with Crippen molar-refractivity contribution >= 4 is 21.8 Å². The van der Waals surface area contributed by atoms with E-state index in [9.17, 15) is 9.59 Å². The Morgan fingerprint density at radius 2 is 1.68 bits per heavy atom. The molecule has 0 bridgehead atoms. The molecule has 130 valence electrons. The van der Waals surface area contributed by atoms with Gasteiger partial charge in [0.2, 0.25) is 5.43 Å². The molecule has 1 aliphatic heterocycles. The fourth-order valence-electron chi connectivity index (χ4n) is 3.91. The van der Waals surface area contributed by atoms with Crippen molar-refractivity contribution in [3.8, 4) is 0 Å². The molecule has 0 atom stereocenters. The average Bonchev–Trinajstić information content (AvgIpc) is 3.13. The second kappa shape index (κ2) is 5.76. The van der Waals surface area contributed by atoms with Crippen LogP contribution in [0.2, 0.25) is 0 Å². The maximum Gasteiger partial charge on any atom is 0.282 e. The molecule has 25 heavy (non-hydrogen) atoms. The van der Waals surface area contributed by atoms with Crippen molar-refractivity contribution in [1.82, 2.24) is 9.24 Å². The molecule has 1 aliphatic rings. The summed E-state index contributed by atoms with van der Waals surface area (Å²) in [5, 5.41) is 2.98. The monoisotopic (exact) mass is 337 g/mol. The molecule has 3 aromatic rings. The average molecular weight is 337 g/mol. The van der Waals surface area contributed by atoms with Crippen molar-refractivity contribution < 1.29 is 0 Å². The van der Waals surface area contributed by atoms with E-state index >= 15 is 0 Å². The van der Waals surface area contributed by atoms with Gasteiger partial charge in [0.25, 0.3) is 5.56 Å². The van der Waals surface area contributed by atoms with Crippen molar-refractivity contribution in [3.63, 3.8) is 0 Å². The summed E-state index contributed by atoms with van der Waals surface area (Å²) in [7, 11) is 1.92. The Hall–Kier alpha value is -2.56. The molecule has 0 unspecified atom stereocenters. The SMILES string of the molecule is CC(C)c1cc2c(c(=O)c3ccccc3n2C)c(=O)n1N1CCCC1. The van der Waals surface area contributed by atoms with Crippen LogP contribution in [-0.4, -0.2) is 22.3 Å². The van der Waals surface area contributed by atoms with Gasteiger partial charge in [-0.2, -0.15) is 0 Å². The van der Waals surface area contributed by atoms with Crippen LogP contribution in [0.1, 0.15) is 38.3 Å². The van der Waals surface area contributed by atoms with E-state index in [1.165, 1.54) is 0 Å². The van der Waals surface area contributed by atoms with Crippen LogP contribution in [0.4, 0.5) is 0 Å². The zero-order valence-corrected chi connectivity index (χ0v) is 15.0. The number of rotatable bonds is 2. The first-order chi connectivity index (χ1) is 12.0. The van der Waals surface area contributed by atoms with E-state index in [1.807, 2.05) is 35.9 Å². The number of aromatic nitrogens is 2. The van der Waals surface area contributed by atoms with Gasteiger partial charge in [0.1, 0.15) is 5.39 Å². The zero-order valence-electron chi connectivity index (χ0n) is 15.0. The quantitative estimate of drug-likeness (QED) is 0.676. The summed E-state index contributed by atoms with van der Waals surface area (Å²) < 4.78 is 3.73. The van der Waals surface area contributed by atoms with E-state index in [-0.39, 0.29) is 22.3 Å². The Balaban J connectivity index is 2.20. The maximum atomic E-state index is 13.4. The number of hydrogen-bond acceptors (Lipinski definition) is 3. The molecular formula is C20H23N3O2. The minimum Gasteiger partial charge on any atom is -0.343 e. The summed E-state index contributed by atoms with van der Waals surface area (Å²) in [6.45, 7) is 5.90. The number of aryl methyl sites for hydroxylation is 1. The molecule has 0 spiro atoms. The molecule has 0 amide bonds. The van der Waals surface area contributed by atoms with E-state index in [0.29, 0.717) is 10.9 Å². The summed E-state index contributed by atoms with van der Waals surface area (Å²) in [5.74, 6) is 0.194. The fraction of sp³-hybridized carbons (Fsp3) is 0.400. The number of para-hydroxylation sites is 1. The highest BCUT2D eigenvalue weighted by atomic mass is 16.1. The van der Waals surface area contributed by atoms with Gasteiger partial charge in [-0.15, -0.1) is 0 Å². The van der Waals surface area contributed by atoms with Crippen LogP contribution in [0.25, 0.3) is 21.8 Å². The first-order valence-electron chi connectivity index (χ1n) is 8.93. The van der Waals surface area contributed by atoms with Gasteiger partial charge in [0.05, 0.1) is 11.0 Å². The van der Waals surface area contributed by atoms with Crippen molar-refractivity contribution in [3.05, 3.63) is 56.6 Å². The lowest BCUT2D eigenvalue weighted by Crippen LogP contribution is -2.43. The molecule has 3 heterocycles. The van der Waals surface area contributed by atoms with E-state index in [2.05, 4.69) is 18.9 Å². The highest BCUT2D eigenvalue weighted by molar-refractivity contribution is 5.93. The van der Waals surface area contributed by atoms with Crippen LogP contribution in [0.3, 0.4) is 0 Å². The Morgan fingerprint density at radius 3 is 2.36 bits per heavy atom. The lowest BCUT2D eigenvalue weighted by atomic mass is 10.1. The number of benzene rings is 1. The molecule has 0 aliphatic carbocycles. The molecule has 0 radical (unpaired) electrons. The van der Waals surface area contributed by atoms with Crippen LogP contribution in [0.5, 0.6) is 0 Å². The second-order valence-corrected chi connectivity index (χ2v) is 7.17. The zero-order chi connectivity index (χ0) is 17.7. The molecule has 5 heteroatoms. The smallest absolute Gasteiger partial charge is 0.282 e. The van der Waals surface area contributed by atoms with Crippen LogP contribution in [-0.2, 0) is 7.05 Å². The minimum atomic E-state index is -0.186. The van der Waals surface area contributed by atoms with Crippen LogP contribution < -0.4 is 16.0 Å². The van der Waals surface area contributed by atoms with E-state index in [1.54, 1.807) is 10.7 Å². The summed E-state index contributed by atoms with van der Waals surface area (Å²) >= 11 is 0. The third kappa shape index (κ3) is 2.29. The largest absolute Gasteiger partial charge is 0.343 e. The number of hydrogen-bond donors (Lipinski definition) is 0. The maximum absolute atomic E-state index is 13.4. The summed E-state index contributed by atoms with van der Waals surface area (Å²) in [6.07, 6.45) is 2.16. The molecule has 2 aromatic heterocycles. The molecule has 5 nitrogen and oxygen atoms in total. The molecule has 4 rings (SSSR count). The lowest BCUT2D eigenvalue weighted by molar-refractivity contribution is 0.588. The van der Waals surface area contributed by atoms with E-state index in [4.69, 9.17) is 0 Å².